The molecule has 3 aromatic carbocycles. The molecule has 0 bridgehead atoms. The van der Waals surface area contributed by atoms with Gasteiger partial charge in [0.1, 0.15) is 18.2 Å². The zero-order valence-corrected chi connectivity index (χ0v) is 19.9. The third-order valence-corrected chi connectivity index (χ3v) is 6.70. The van der Waals surface area contributed by atoms with Crippen LogP contribution in [0.15, 0.2) is 65.6 Å². The molecule has 4 rings (SSSR count). The Morgan fingerprint density at radius 2 is 1.76 bits per heavy atom. The van der Waals surface area contributed by atoms with Gasteiger partial charge < -0.3 is 4.74 Å². The topological polar surface area (TPSA) is 46.6 Å². The molecule has 0 unspecified atom stereocenters. The van der Waals surface area contributed by atoms with E-state index < -0.39 is 17.0 Å². The fraction of sp³-hybridized carbons (Fsp3) is 0.0833. The summed E-state index contributed by atoms with van der Waals surface area (Å²) in [6.45, 7) is -0.0607. The van der Waals surface area contributed by atoms with Crippen molar-refractivity contribution in [3.05, 3.63) is 103 Å². The second kappa shape index (κ2) is 10.2. The lowest BCUT2D eigenvalue weighted by Gasteiger charge is -2.14. The molecule has 0 aromatic heterocycles. The molecule has 4 nitrogen and oxygen atoms in total. The number of benzene rings is 3. The number of ether oxygens (including phenoxy) is 1. The first-order valence-corrected chi connectivity index (χ1v) is 11.6. The number of imide groups is 1. The summed E-state index contributed by atoms with van der Waals surface area (Å²) >= 11 is 19.0. The van der Waals surface area contributed by atoms with Gasteiger partial charge in [0.05, 0.1) is 11.4 Å². The Hall–Kier alpha value is -2.51. The maximum absolute atomic E-state index is 14.1. The molecule has 9 heteroatoms. The molecular weight excluding hydrogens is 508 g/mol. The van der Waals surface area contributed by atoms with Gasteiger partial charge in [-0.1, -0.05) is 65.1 Å². The third kappa shape index (κ3) is 5.36. The van der Waals surface area contributed by atoms with Crippen LogP contribution in [-0.4, -0.2) is 16.0 Å². The summed E-state index contributed by atoms with van der Waals surface area (Å²) in [5.74, 6) is -0.600. The van der Waals surface area contributed by atoms with Crippen molar-refractivity contribution < 1.29 is 18.7 Å². The fourth-order valence-corrected chi connectivity index (χ4v) is 4.66. The average molecular weight is 523 g/mol. The van der Waals surface area contributed by atoms with E-state index in [0.717, 1.165) is 22.2 Å². The first-order chi connectivity index (χ1) is 15.8. The third-order valence-electron chi connectivity index (χ3n) is 4.86. The van der Waals surface area contributed by atoms with Crippen molar-refractivity contribution in [1.29, 1.82) is 0 Å². The van der Waals surface area contributed by atoms with Crippen molar-refractivity contribution in [2.24, 2.45) is 0 Å². The molecule has 1 heterocycles. The minimum Gasteiger partial charge on any atom is -0.488 e. The maximum atomic E-state index is 14.1. The highest BCUT2D eigenvalue weighted by Crippen LogP contribution is 2.36. The van der Waals surface area contributed by atoms with Crippen molar-refractivity contribution in [3.63, 3.8) is 0 Å². The molecule has 1 aliphatic rings. The highest BCUT2D eigenvalue weighted by molar-refractivity contribution is 8.18. The second-order valence-corrected chi connectivity index (χ2v) is 9.27. The molecule has 33 heavy (non-hydrogen) atoms. The van der Waals surface area contributed by atoms with E-state index in [0.29, 0.717) is 21.4 Å². The molecule has 0 aliphatic carbocycles. The van der Waals surface area contributed by atoms with Crippen LogP contribution in [0.25, 0.3) is 6.08 Å². The van der Waals surface area contributed by atoms with E-state index in [2.05, 4.69) is 0 Å². The zero-order chi connectivity index (χ0) is 23.5. The second-order valence-electron chi connectivity index (χ2n) is 7.03. The minimum absolute atomic E-state index is 0.0892. The normalized spacial score (nSPS) is 14.9. The molecule has 0 radical (unpaired) electrons. The predicted molar refractivity (Wildman–Crippen MR) is 130 cm³/mol. The zero-order valence-electron chi connectivity index (χ0n) is 16.9. The van der Waals surface area contributed by atoms with Gasteiger partial charge in [-0.05, 0) is 48.2 Å². The first kappa shape index (κ1) is 23.6. The van der Waals surface area contributed by atoms with Crippen molar-refractivity contribution in [3.8, 4) is 5.75 Å². The first-order valence-electron chi connectivity index (χ1n) is 9.67. The Labute approximate surface area is 208 Å². The van der Waals surface area contributed by atoms with Gasteiger partial charge in [-0.2, -0.15) is 0 Å². The van der Waals surface area contributed by atoms with E-state index in [1.165, 1.54) is 18.2 Å². The smallest absolute Gasteiger partial charge is 0.293 e. The quantitative estimate of drug-likeness (QED) is 0.313. The van der Waals surface area contributed by atoms with Crippen LogP contribution < -0.4 is 4.74 Å². The number of nitrogens with zero attached hydrogens (tertiary/aromatic N) is 1. The van der Waals surface area contributed by atoms with Crippen LogP contribution in [0.1, 0.15) is 16.7 Å². The lowest BCUT2D eigenvalue weighted by atomic mass is 10.1. The van der Waals surface area contributed by atoms with Crippen LogP contribution in [0.3, 0.4) is 0 Å². The number of hydrogen-bond acceptors (Lipinski definition) is 4. The molecule has 168 valence electrons. The number of amides is 2. The lowest BCUT2D eigenvalue weighted by Crippen LogP contribution is -2.28. The number of halogens is 4. The molecule has 0 atom stereocenters. The summed E-state index contributed by atoms with van der Waals surface area (Å²) in [5, 5.41) is 0.652. The summed E-state index contributed by atoms with van der Waals surface area (Å²) in [4.78, 5) is 26.5. The SMILES string of the molecule is O=C1S/C(=C/c2ccccc2OCc2ccc(Cl)cc2Cl)C(=O)N1Cc1c(F)cccc1Cl. The largest absolute Gasteiger partial charge is 0.488 e. The van der Waals surface area contributed by atoms with E-state index in [4.69, 9.17) is 39.5 Å². The molecule has 1 aliphatic heterocycles. The summed E-state index contributed by atoms with van der Waals surface area (Å²) in [6.07, 6.45) is 1.58. The number of carbonyl (C=O) groups is 2. The minimum atomic E-state index is -0.579. The van der Waals surface area contributed by atoms with E-state index in [1.54, 1.807) is 48.5 Å². The lowest BCUT2D eigenvalue weighted by molar-refractivity contribution is -0.123. The number of para-hydroxylation sites is 1. The molecular formula is C24H15Cl3FNO3S. The Kier molecular flexibility index (Phi) is 7.29. The Bertz CT molecular complexity index is 1260. The van der Waals surface area contributed by atoms with Gasteiger partial charge >= 0.3 is 0 Å². The van der Waals surface area contributed by atoms with Crippen LogP contribution in [0.2, 0.25) is 15.1 Å². The Morgan fingerprint density at radius 1 is 0.970 bits per heavy atom. The summed E-state index contributed by atoms with van der Waals surface area (Å²) in [5.41, 5.74) is 1.45. The van der Waals surface area contributed by atoms with E-state index in [1.807, 2.05) is 0 Å². The van der Waals surface area contributed by atoms with Crippen LogP contribution in [-0.2, 0) is 17.9 Å². The summed E-state index contributed by atoms with van der Waals surface area (Å²) < 4.78 is 20.1. The van der Waals surface area contributed by atoms with E-state index in [9.17, 15) is 14.0 Å². The monoisotopic (exact) mass is 521 g/mol. The molecule has 3 aromatic rings. The van der Waals surface area contributed by atoms with Gasteiger partial charge in [-0.3, -0.25) is 14.5 Å². The fourth-order valence-electron chi connectivity index (χ4n) is 3.14. The average Bonchev–Trinajstić information content (AvgIpc) is 3.04. The van der Waals surface area contributed by atoms with Crippen LogP contribution in [0.5, 0.6) is 5.75 Å². The standard InChI is InChI=1S/C24H15Cl3FNO3S/c25-16-9-8-15(19(27)11-16)13-32-21-7-2-1-4-14(21)10-22-23(30)29(24(31)33-22)12-17-18(26)5-3-6-20(17)28/h1-11H,12-13H2/b22-10+. The molecule has 1 saturated heterocycles. The van der Waals surface area contributed by atoms with Gasteiger partial charge in [-0.25, -0.2) is 4.39 Å². The van der Waals surface area contributed by atoms with Gasteiger partial charge in [0.2, 0.25) is 0 Å². The van der Waals surface area contributed by atoms with Crippen LogP contribution in [0.4, 0.5) is 9.18 Å². The van der Waals surface area contributed by atoms with Crippen molar-refractivity contribution in [2.75, 3.05) is 0 Å². The number of hydrogen-bond donors (Lipinski definition) is 0. The maximum Gasteiger partial charge on any atom is 0.293 e. The summed E-state index contributed by atoms with van der Waals surface area (Å²) in [7, 11) is 0. The highest BCUT2D eigenvalue weighted by atomic mass is 35.5. The highest BCUT2D eigenvalue weighted by Gasteiger charge is 2.36. The molecule has 0 saturated carbocycles. The molecule has 0 spiro atoms. The van der Waals surface area contributed by atoms with Crippen molar-refractivity contribution in [2.45, 2.75) is 13.2 Å². The van der Waals surface area contributed by atoms with Crippen LogP contribution >= 0.6 is 46.6 Å². The van der Waals surface area contributed by atoms with Gasteiger partial charge in [0.25, 0.3) is 11.1 Å². The van der Waals surface area contributed by atoms with Crippen molar-refractivity contribution >= 4 is 63.8 Å². The Morgan fingerprint density at radius 3 is 2.52 bits per heavy atom. The molecule has 2 amide bonds. The van der Waals surface area contributed by atoms with Crippen molar-refractivity contribution in [1.82, 2.24) is 4.90 Å². The number of carbonyl (C=O) groups excluding carboxylic acids is 2. The van der Waals surface area contributed by atoms with E-state index >= 15 is 0 Å². The number of thioether (sulfide) groups is 1. The van der Waals surface area contributed by atoms with Gasteiger partial charge in [0.15, 0.2) is 0 Å². The number of rotatable bonds is 6. The van der Waals surface area contributed by atoms with Gasteiger partial charge in [-0.15, -0.1) is 0 Å². The predicted octanol–water partition coefficient (Wildman–Crippen LogP) is 7.60. The molecule has 1 fully saturated rings. The van der Waals surface area contributed by atoms with Crippen LogP contribution in [0, 0.1) is 5.82 Å². The van der Waals surface area contributed by atoms with E-state index in [-0.39, 0.29) is 28.6 Å². The summed E-state index contributed by atoms with van der Waals surface area (Å²) in [6, 6.07) is 16.4. The Balaban J connectivity index is 1.54. The van der Waals surface area contributed by atoms with Gasteiger partial charge in [0, 0.05) is 31.8 Å². The molecule has 0 N–H and O–H groups in total.